The Labute approximate surface area is 443 Å². The van der Waals surface area contributed by atoms with Crippen LogP contribution in [-0.4, -0.2) is 316 Å². The zero-order valence-electron chi connectivity index (χ0n) is 37.2. The number of phosphoric ester groups is 1. The molecule has 22 heterocycles. The zero-order chi connectivity index (χ0) is 51.3. The number of phosphoric acid groups is 1. The quantitative estimate of drug-likeness (QED) is 0.0793. The van der Waals surface area contributed by atoms with Crippen molar-refractivity contribution in [3.05, 3.63) is 0 Å². The number of hydrogen-bond acceptors (Lipinski definition) is 32. The third-order valence-corrected chi connectivity index (χ3v) is 13.4. The van der Waals surface area contributed by atoms with Crippen LogP contribution in [0.25, 0.3) is 0 Å². The van der Waals surface area contributed by atoms with E-state index >= 15 is 0 Å². The second-order valence-electron chi connectivity index (χ2n) is 17.4. The van der Waals surface area contributed by atoms with E-state index in [2.05, 4.69) is 4.52 Å². The van der Waals surface area contributed by atoms with E-state index in [9.17, 15) is 101 Å². The molecule has 22 aliphatic heterocycles. The molecule has 12 bridgehead atoms. The maximum absolute atomic E-state index is 11.7. The molecule has 22 saturated heterocycles. The monoisotopic (exact) mass is 1090 g/mol. The fourth-order valence-corrected chi connectivity index (χ4v) is 9.42. The molecule has 31 atom stereocenters. The Morgan fingerprint density at radius 2 is 0.493 bits per heavy atom. The van der Waals surface area contributed by atoms with Crippen LogP contribution in [0.4, 0.5) is 0 Å². The Kier molecular flexibility index (Phi) is 21.9. The third kappa shape index (κ3) is 12.9. The van der Waals surface area contributed by atoms with Gasteiger partial charge in [0.25, 0.3) is 7.82 Å². The van der Waals surface area contributed by atoms with Crippen molar-refractivity contribution in [2.75, 3.05) is 39.6 Å². The number of aliphatic hydroxyl groups is 17. The molecule has 22 aliphatic rings. The molecule has 0 aromatic carbocycles. The van der Waals surface area contributed by atoms with Crippen LogP contribution in [-0.2, 0) is 65.9 Å². The van der Waals surface area contributed by atoms with Gasteiger partial charge in [-0.25, -0.2) is 0 Å². The van der Waals surface area contributed by atoms with Gasteiger partial charge < -0.3 is 158 Å². The second-order valence-corrected chi connectivity index (χ2v) is 18.6. The minimum absolute atomic E-state index is 0. The fourth-order valence-electron chi connectivity index (χ4n) is 9.08. The summed E-state index contributed by atoms with van der Waals surface area (Å²) in [4.78, 5) is 21.1. The summed E-state index contributed by atoms with van der Waals surface area (Å²) >= 11 is 0. The van der Waals surface area contributed by atoms with Gasteiger partial charge in [-0.2, -0.15) is 0 Å². The fraction of sp³-hybridized carbons (Fsp3) is 1.00. The van der Waals surface area contributed by atoms with E-state index in [4.69, 9.17) is 56.8 Å². The summed E-state index contributed by atoms with van der Waals surface area (Å²) < 4.78 is 83.8. The first kappa shape index (κ1) is 60.8. The first-order valence-corrected chi connectivity index (χ1v) is 23.3. The zero-order valence-corrected chi connectivity index (χ0v) is 41.2. The standard InChI is InChI=1S/C36H61O33P.K/c37-1-7-25-13(42)19(48)31(58-7)65-26-8(2-38)60-33(21(50)15(26)44)67-28-10(4-40)62-35(23(52)17(28)46)69-30-12(6-57-70(54,55)56)63-36(24(53)18(30)47)68-29-11(5-41)61-34(22(51)16(29)45)66-27-9(3-39)59-32(64-25)20(49)14(27)43;/h7-53H,1-6H2,(H2,54,55,56);/q;+1/p-1/t7-,8-,9-,10-,11-,12-,13-,14-,15-,16-,17-,18-,19-,20-,21-,22-,23-,24-,25-,26-,27-,28-,29-,30-,31-,32-,33-,34-,35-,36-;/m1./s1. The molecule has 35 heteroatoms. The summed E-state index contributed by atoms with van der Waals surface area (Å²) in [5, 5.41) is 186. The average Bonchev–Trinajstić information content (AvgIpc) is 3.33. The van der Waals surface area contributed by atoms with Crippen LogP contribution >= 0.6 is 7.82 Å². The normalized spacial score (nSPS) is 53.1. The molecule has 0 amide bonds. The maximum Gasteiger partial charge on any atom is 1.00 e. The van der Waals surface area contributed by atoms with Crippen molar-refractivity contribution in [1.82, 2.24) is 0 Å². The van der Waals surface area contributed by atoms with E-state index in [0.717, 1.165) is 0 Å². The van der Waals surface area contributed by atoms with Gasteiger partial charge in [-0.1, -0.05) is 0 Å². The summed E-state index contributed by atoms with van der Waals surface area (Å²) in [6.45, 7) is -6.56. The first-order valence-electron chi connectivity index (χ1n) is 21.8. The van der Waals surface area contributed by atoms with Crippen molar-refractivity contribution in [3.8, 4) is 0 Å². The molecule has 0 saturated carbocycles. The minimum Gasteiger partial charge on any atom is -0.756 e. The number of ether oxygens (including phenoxy) is 12. The molecule has 22 rings (SSSR count). The van der Waals surface area contributed by atoms with Crippen molar-refractivity contribution in [1.29, 1.82) is 0 Å². The van der Waals surface area contributed by atoms with Crippen LogP contribution in [0.5, 0.6) is 0 Å². The topological polar surface area (TPSA) is 524 Å². The Balaban J connectivity index is 0.00000825. The van der Waals surface area contributed by atoms with Crippen LogP contribution in [0.1, 0.15) is 0 Å². The van der Waals surface area contributed by atoms with Gasteiger partial charge >= 0.3 is 51.4 Å². The van der Waals surface area contributed by atoms with Crippen molar-refractivity contribution in [2.45, 2.75) is 184 Å². The molecule has 0 radical (unpaired) electrons. The van der Waals surface area contributed by atoms with Crippen LogP contribution in [0.2, 0.25) is 0 Å². The predicted octanol–water partition coefficient (Wildman–Crippen LogP) is -16.6. The van der Waals surface area contributed by atoms with Crippen molar-refractivity contribution >= 4 is 7.82 Å². The summed E-state index contributed by atoms with van der Waals surface area (Å²) in [6.07, 6.45) is -61.6. The van der Waals surface area contributed by atoms with Crippen LogP contribution in [0.15, 0.2) is 0 Å². The van der Waals surface area contributed by atoms with Crippen LogP contribution in [0.3, 0.4) is 0 Å². The molecular weight excluding hydrogens is 1030 g/mol. The van der Waals surface area contributed by atoms with Gasteiger partial charge in [-0.3, -0.25) is 4.57 Å². The van der Waals surface area contributed by atoms with E-state index in [1.54, 1.807) is 0 Å². The molecular formula is C36H60KO33P. The Morgan fingerprint density at radius 3 is 0.662 bits per heavy atom. The van der Waals surface area contributed by atoms with Crippen molar-refractivity contribution < 1.29 is 214 Å². The van der Waals surface area contributed by atoms with E-state index in [1.165, 1.54) is 0 Å². The van der Waals surface area contributed by atoms with Crippen molar-refractivity contribution in [2.24, 2.45) is 0 Å². The number of hydrogen-bond donors (Lipinski definition) is 18. The van der Waals surface area contributed by atoms with Gasteiger partial charge in [0.15, 0.2) is 37.7 Å². The Bertz CT molecular complexity index is 1700. The van der Waals surface area contributed by atoms with Gasteiger partial charge in [-0.05, 0) is 0 Å². The van der Waals surface area contributed by atoms with E-state index in [1.807, 2.05) is 0 Å². The molecule has 0 spiro atoms. The third-order valence-electron chi connectivity index (χ3n) is 12.9. The maximum atomic E-state index is 11.7. The van der Waals surface area contributed by atoms with E-state index in [-0.39, 0.29) is 51.4 Å². The van der Waals surface area contributed by atoms with Gasteiger partial charge in [0, 0.05) is 0 Å². The summed E-state index contributed by atoms with van der Waals surface area (Å²) in [7, 11) is -5.62. The number of aliphatic hydroxyl groups excluding tert-OH is 17. The second kappa shape index (κ2) is 25.6. The molecule has 22 fully saturated rings. The van der Waals surface area contributed by atoms with Gasteiger partial charge in [0.05, 0.1) is 39.6 Å². The van der Waals surface area contributed by atoms with Gasteiger partial charge in [-0.15, -0.1) is 0 Å². The SMILES string of the molecule is O=P([O-])(O)OC[C@H]1O[C@@H]2O[C@H]3[C@H](O)[C@@H](O)[C@@H](O[C@H]4[C@H](O)[C@@H](O)[C@@H](O[C@H]5[C@H](O)[C@@H](O)[C@@H](O[C@H]6[C@H](O)[C@@H](O)[C@@H](O[C@H]7[C@H](O)[C@@H](O)[C@@H](O[C@H]1[C@H](O)[C@H]2O)O[C@@H]7CO)O[C@@H]6CO)O[C@@H]5CO)O[C@@H]4CO)O[C@@H]3CO.[K+]. The molecule has 408 valence electrons. The Hall–Kier alpha value is 0.586. The van der Waals surface area contributed by atoms with Crippen molar-refractivity contribution in [3.63, 3.8) is 0 Å². The minimum atomic E-state index is -5.62. The van der Waals surface area contributed by atoms with Crippen LogP contribution in [0, 0.1) is 0 Å². The van der Waals surface area contributed by atoms with E-state index in [0.29, 0.717) is 0 Å². The molecule has 0 aliphatic carbocycles. The van der Waals surface area contributed by atoms with Crippen LogP contribution < -0.4 is 56.3 Å². The number of rotatable bonds is 8. The van der Waals surface area contributed by atoms with E-state index < -0.39 is 232 Å². The summed E-state index contributed by atoms with van der Waals surface area (Å²) in [5.41, 5.74) is 0. The summed E-state index contributed by atoms with van der Waals surface area (Å²) in [5.74, 6) is 0. The molecule has 71 heavy (non-hydrogen) atoms. The largest absolute Gasteiger partial charge is 1.00 e. The van der Waals surface area contributed by atoms with Gasteiger partial charge in [0.1, 0.15) is 146 Å². The average molecular weight is 1090 g/mol. The molecule has 1 unspecified atom stereocenters. The molecule has 33 nitrogen and oxygen atoms in total. The molecule has 0 aromatic heterocycles. The molecule has 0 aromatic rings. The summed E-state index contributed by atoms with van der Waals surface area (Å²) in [6, 6.07) is 0. The molecule has 18 N–H and O–H groups in total. The smallest absolute Gasteiger partial charge is 0.756 e. The Morgan fingerprint density at radius 1 is 0.324 bits per heavy atom. The first-order chi connectivity index (χ1) is 33.1. The predicted molar refractivity (Wildman–Crippen MR) is 204 cm³/mol. The van der Waals surface area contributed by atoms with Gasteiger partial charge in [0.2, 0.25) is 0 Å².